The van der Waals surface area contributed by atoms with E-state index in [1.807, 2.05) is 0 Å². The van der Waals surface area contributed by atoms with Crippen LogP contribution in [0.3, 0.4) is 0 Å². The number of rotatable bonds is 13. The Balaban J connectivity index is 1.68. The lowest BCUT2D eigenvalue weighted by molar-refractivity contribution is -0.0351. The molecule has 0 aliphatic carbocycles. The predicted molar refractivity (Wildman–Crippen MR) is 152 cm³/mol. The van der Waals surface area contributed by atoms with E-state index >= 15 is 0 Å². The third-order valence-electron chi connectivity index (χ3n) is 7.58. The number of nitrogens with zero attached hydrogens (tertiary/aromatic N) is 2. The van der Waals surface area contributed by atoms with Gasteiger partial charge in [-0.25, -0.2) is 0 Å². The summed E-state index contributed by atoms with van der Waals surface area (Å²) in [5.41, 5.74) is 0. The zero-order chi connectivity index (χ0) is 26.1. The van der Waals surface area contributed by atoms with Gasteiger partial charge in [0.05, 0.1) is 65.6 Å². The maximum Gasteiger partial charge on any atom is 0.0809 e. The molecule has 0 radical (unpaired) electrons. The van der Waals surface area contributed by atoms with E-state index in [1.54, 1.807) is 0 Å². The van der Waals surface area contributed by atoms with Crippen LogP contribution in [0.4, 0.5) is 0 Å². The van der Waals surface area contributed by atoms with Gasteiger partial charge >= 0.3 is 0 Å². The summed E-state index contributed by atoms with van der Waals surface area (Å²) in [5.74, 6) is 0. The molecule has 2 aliphatic rings. The molecular weight excluding hydrogens is 468 g/mol. The molecule has 0 N–H and O–H groups in total. The van der Waals surface area contributed by atoms with Crippen LogP contribution in [0.1, 0.15) is 90.4 Å². The van der Waals surface area contributed by atoms with Crippen LogP contribution in [-0.4, -0.2) is 115 Å². The summed E-state index contributed by atoms with van der Waals surface area (Å²) in [6, 6.07) is 0. The smallest absolute Gasteiger partial charge is 0.0809 e. The highest BCUT2D eigenvalue weighted by molar-refractivity contribution is 4.64. The monoisotopic (exact) mass is 528 g/mol. The first-order valence-electron chi connectivity index (χ1n) is 15.8. The average Bonchev–Trinajstić information content (AvgIpc) is 2.92. The van der Waals surface area contributed by atoms with Gasteiger partial charge in [-0.15, -0.1) is 0 Å². The van der Waals surface area contributed by atoms with E-state index in [9.17, 15) is 0 Å². The second kappa shape index (κ2) is 24.7. The van der Waals surface area contributed by atoms with Crippen molar-refractivity contribution in [2.24, 2.45) is 0 Å². The Morgan fingerprint density at radius 1 is 0.459 bits per heavy atom. The zero-order valence-corrected chi connectivity index (χ0v) is 24.3. The summed E-state index contributed by atoms with van der Waals surface area (Å²) in [7, 11) is 0. The minimum atomic E-state index is 0.193. The topological polar surface area (TPSA) is 52.6 Å². The molecule has 7 nitrogen and oxygen atoms in total. The van der Waals surface area contributed by atoms with E-state index < -0.39 is 0 Å². The van der Waals surface area contributed by atoms with Gasteiger partial charge in [-0.3, -0.25) is 9.80 Å². The van der Waals surface area contributed by atoms with Crippen molar-refractivity contribution in [3.8, 4) is 0 Å². The third kappa shape index (κ3) is 19.4. The fraction of sp³-hybridized carbons (Fsp3) is 1.00. The van der Waals surface area contributed by atoms with Gasteiger partial charge < -0.3 is 23.7 Å². The Kier molecular flexibility index (Phi) is 22.0. The van der Waals surface area contributed by atoms with Crippen molar-refractivity contribution in [1.82, 2.24) is 9.80 Å². The molecule has 2 fully saturated rings. The summed E-state index contributed by atoms with van der Waals surface area (Å²) >= 11 is 0. The first-order chi connectivity index (χ1) is 18.4. The van der Waals surface area contributed by atoms with Crippen molar-refractivity contribution in [2.75, 3.05) is 98.7 Å². The molecule has 0 aromatic heterocycles. The predicted octanol–water partition coefficient (Wildman–Crippen LogP) is 5.16. The van der Waals surface area contributed by atoms with Gasteiger partial charge in [0.2, 0.25) is 0 Å². The Morgan fingerprint density at radius 3 is 1.38 bits per heavy atom. The van der Waals surface area contributed by atoms with Crippen LogP contribution in [-0.2, 0) is 23.7 Å². The van der Waals surface area contributed by atoms with Crippen molar-refractivity contribution in [3.63, 3.8) is 0 Å². The molecule has 0 aromatic rings. The fourth-order valence-corrected chi connectivity index (χ4v) is 5.05. The molecule has 37 heavy (non-hydrogen) atoms. The Morgan fingerprint density at radius 2 is 0.865 bits per heavy atom. The molecule has 3 atom stereocenters. The second-order valence-electron chi connectivity index (χ2n) is 10.8. The van der Waals surface area contributed by atoms with Crippen LogP contribution in [0.5, 0.6) is 0 Å². The van der Waals surface area contributed by atoms with E-state index in [2.05, 4.69) is 16.7 Å². The number of hydrogen-bond acceptors (Lipinski definition) is 7. The summed E-state index contributed by atoms with van der Waals surface area (Å²) in [5, 5.41) is 0. The third-order valence-corrected chi connectivity index (χ3v) is 7.58. The Bertz CT molecular complexity index is 485. The van der Waals surface area contributed by atoms with Gasteiger partial charge in [-0.05, 0) is 6.42 Å². The van der Waals surface area contributed by atoms with Gasteiger partial charge in [0.15, 0.2) is 0 Å². The molecule has 0 spiro atoms. The minimum Gasteiger partial charge on any atom is -0.379 e. The molecule has 2 bridgehead atoms. The number of unbranched alkanes of at least 4 members (excludes halogenated alkanes) is 11. The minimum absolute atomic E-state index is 0.193. The Hall–Kier alpha value is -0.280. The summed E-state index contributed by atoms with van der Waals surface area (Å²) < 4.78 is 30.0. The molecule has 220 valence electrons. The number of fused-ring (bicyclic) bond motifs is 6. The first kappa shape index (κ1) is 32.9. The number of ether oxygens (including phenoxy) is 5. The van der Waals surface area contributed by atoms with E-state index in [1.165, 1.54) is 77.0 Å². The molecule has 2 rings (SSSR count). The molecule has 2 aliphatic heterocycles. The molecular formula is C30H60N2O5. The SMILES string of the molecule is CCCCCCCCCCCCCCC1COCCN2CCOCCOCCN(CCOCC2)CCO1. The zero-order valence-electron chi connectivity index (χ0n) is 24.3. The Labute approximate surface area is 228 Å². The van der Waals surface area contributed by atoms with Crippen molar-refractivity contribution in [2.45, 2.75) is 96.5 Å². The maximum absolute atomic E-state index is 6.36. The maximum atomic E-state index is 6.36. The van der Waals surface area contributed by atoms with Crippen LogP contribution in [0.2, 0.25) is 0 Å². The normalized spacial score (nSPS) is 26.0. The van der Waals surface area contributed by atoms with Crippen LogP contribution >= 0.6 is 0 Å². The van der Waals surface area contributed by atoms with Gasteiger partial charge in [0.1, 0.15) is 0 Å². The standard InChI is InChI=1S/C30H60N2O5/c1-2-3-4-5-6-7-8-9-10-11-12-13-14-30-29-36-25-19-31-15-21-33-22-16-32(20-26-37-30)18-24-35-28-27-34-23-17-31/h30H,2-29H2,1H3. The van der Waals surface area contributed by atoms with Crippen molar-refractivity contribution in [1.29, 1.82) is 0 Å². The second-order valence-corrected chi connectivity index (χ2v) is 10.8. The van der Waals surface area contributed by atoms with Crippen LogP contribution in [0.15, 0.2) is 0 Å². The fourth-order valence-electron chi connectivity index (χ4n) is 5.05. The summed E-state index contributed by atoms with van der Waals surface area (Å²) in [4.78, 5) is 4.79. The molecule has 7 heteroatoms. The van der Waals surface area contributed by atoms with Gasteiger partial charge in [0, 0.05) is 39.3 Å². The lowest BCUT2D eigenvalue weighted by Gasteiger charge is -2.24. The van der Waals surface area contributed by atoms with Gasteiger partial charge in [0.25, 0.3) is 0 Å². The summed E-state index contributed by atoms with van der Waals surface area (Å²) in [6.45, 7) is 14.2. The van der Waals surface area contributed by atoms with Gasteiger partial charge in [-0.2, -0.15) is 0 Å². The van der Waals surface area contributed by atoms with Crippen molar-refractivity contribution >= 4 is 0 Å². The van der Waals surface area contributed by atoms with Gasteiger partial charge in [-0.1, -0.05) is 84.0 Å². The number of hydrogen-bond donors (Lipinski definition) is 0. The molecule has 0 amide bonds. The van der Waals surface area contributed by atoms with E-state index in [0.717, 1.165) is 85.3 Å². The highest BCUT2D eigenvalue weighted by Gasteiger charge is 2.14. The molecule has 2 heterocycles. The van der Waals surface area contributed by atoms with Crippen LogP contribution in [0.25, 0.3) is 0 Å². The van der Waals surface area contributed by atoms with E-state index in [4.69, 9.17) is 23.7 Å². The summed E-state index contributed by atoms with van der Waals surface area (Å²) in [6.07, 6.45) is 17.9. The van der Waals surface area contributed by atoms with Crippen LogP contribution < -0.4 is 0 Å². The van der Waals surface area contributed by atoms with Crippen molar-refractivity contribution < 1.29 is 23.7 Å². The lowest BCUT2D eigenvalue weighted by Crippen LogP contribution is -2.35. The largest absolute Gasteiger partial charge is 0.379 e. The van der Waals surface area contributed by atoms with Crippen molar-refractivity contribution in [3.05, 3.63) is 0 Å². The lowest BCUT2D eigenvalue weighted by atomic mass is 10.0. The average molecular weight is 529 g/mol. The first-order valence-corrected chi connectivity index (χ1v) is 15.8. The van der Waals surface area contributed by atoms with Crippen LogP contribution in [0, 0.1) is 0 Å². The van der Waals surface area contributed by atoms with E-state index in [0.29, 0.717) is 19.8 Å². The van der Waals surface area contributed by atoms with E-state index in [-0.39, 0.29) is 6.10 Å². The molecule has 2 saturated heterocycles. The highest BCUT2D eigenvalue weighted by Crippen LogP contribution is 2.14. The molecule has 3 unspecified atom stereocenters. The molecule has 0 aromatic carbocycles. The highest BCUT2D eigenvalue weighted by atomic mass is 16.5. The quantitative estimate of drug-likeness (QED) is 0.242. The molecule has 0 saturated carbocycles.